The highest BCUT2D eigenvalue weighted by Crippen LogP contribution is 2.25. The number of amides is 2. The molecule has 0 N–H and O–H groups in total. The average Bonchev–Trinajstić information content (AvgIpc) is 2.72. The van der Waals surface area contributed by atoms with Crippen LogP contribution in [0.5, 0.6) is 0 Å². The van der Waals surface area contributed by atoms with Crippen molar-refractivity contribution >= 4 is 17.5 Å². The molecule has 0 aliphatic carbocycles. The van der Waals surface area contributed by atoms with Crippen LogP contribution in [-0.4, -0.2) is 61.4 Å². The number of likely N-dealkylation sites (tertiary alicyclic amines) is 2. The number of piperidine rings is 2. The Balaban J connectivity index is 1.54. The summed E-state index contributed by atoms with van der Waals surface area (Å²) >= 11 is 0. The Bertz CT molecular complexity index is 650. The molecule has 148 valence electrons. The first-order chi connectivity index (χ1) is 13.0. The van der Waals surface area contributed by atoms with Gasteiger partial charge in [0, 0.05) is 56.9 Å². The smallest absolute Gasteiger partial charge is 0.253 e. The lowest BCUT2D eigenvalue weighted by Crippen LogP contribution is -2.47. The molecule has 2 saturated heterocycles. The monoisotopic (exact) mass is 371 g/mol. The third kappa shape index (κ3) is 4.63. The van der Waals surface area contributed by atoms with Crippen LogP contribution in [0.25, 0.3) is 0 Å². The van der Waals surface area contributed by atoms with Gasteiger partial charge in [-0.2, -0.15) is 0 Å². The van der Waals surface area contributed by atoms with Gasteiger partial charge in [0.1, 0.15) is 0 Å². The molecule has 0 bridgehead atoms. The van der Waals surface area contributed by atoms with Crippen LogP contribution < -0.4 is 4.90 Å². The Morgan fingerprint density at radius 1 is 1.04 bits per heavy atom. The maximum absolute atomic E-state index is 12.8. The average molecular weight is 372 g/mol. The van der Waals surface area contributed by atoms with E-state index in [2.05, 4.69) is 23.6 Å². The van der Waals surface area contributed by atoms with Gasteiger partial charge in [-0.25, -0.2) is 0 Å². The van der Waals surface area contributed by atoms with Crippen LogP contribution in [0.1, 0.15) is 49.9 Å². The van der Waals surface area contributed by atoms with Crippen LogP contribution in [0.2, 0.25) is 0 Å². The maximum Gasteiger partial charge on any atom is 0.253 e. The second-order valence-electron chi connectivity index (χ2n) is 8.16. The SMILES string of the molecule is CCN(C)c1ccc(C(=O)N2CCC(C(=O)N3CCCC(C)C3)CC2)cc1. The Labute approximate surface area is 163 Å². The Morgan fingerprint density at radius 3 is 2.30 bits per heavy atom. The van der Waals surface area contributed by atoms with Gasteiger partial charge in [0.05, 0.1) is 0 Å². The van der Waals surface area contributed by atoms with E-state index in [1.807, 2.05) is 36.2 Å². The molecule has 5 nitrogen and oxygen atoms in total. The van der Waals surface area contributed by atoms with Gasteiger partial charge in [0.2, 0.25) is 5.91 Å². The fraction of sp³-hybridized carbons (Fsp3) is 0.636. The largest absolute Gasteiger partial charge is 0.375 e. The molecule has 1 aromatic carbocycles. The molecule has 3 rings (SSSR count). The number of benzene rings is 1. The molecule has 1 aromatic rings. The van der Waals surface area contributed by atoms with Crippen molar-refractivity contribution < 1.29 is 9.59 Å². The zero-order valence-corrected chi connectivity index (χ0v) is 17.0. The molecule has 2 aliphatic heterocycles. The molecule has 0 aromatic heterocycles. The van der Waals surface area contributed by atoms with E-state index in [0.29, 0.717) is 24.9 Å². The summed E-state index contributed by atoms with van der Waals surface area (Å²) in [6.07, 6.45) is 3.91. The van der Waals surface area contributed by atoms with Gasteiger partial charge in [0.25, 0.3) is 5.91 Å². The van der Waals surface area contributed by atoms with E-state index in [9.17, 15) is 9.59 Å². The minimum atomic E-state index is 0.0817. The summed E-state index contributed by atoms with van der Waals surface area (Å²) in [6.45, 7) is 8.42. The highest BCUT2D eigenvalue weighted by atomic mass is 16.2. The van der Waals surface area contributed by atoms with Crippen molar-refractivity contribution in [3.8, 4) is 0 Å². The van der Waals surface area contributed by atoms with Crippen LogP contribution in [0.4, 0.5) is 5.69 Å². The molecule has 1 atom stereocenters. The molecule has 2 heterocycles. The van der Waals surface area contributed by atoms with E-state index in [1.54, 1.807) is 0 Å². The number of hydrogen-bond acceptors (Lipinski definition) is 3. The lowest BCUT2D eigenvalue weighted by atomic mass is 9.92. The number of anilines is 1. The van der Waals surface area contributed by atoms with Crippen LogP contribution in [-0.2, 0) is 4.79 Å². The van der Waals surface area contributed by atoms with Crippen molar-refractivity contribution in [2.75, 3.05) is 44.7 Å². The van der Waals surface area contributed by atoms with Gasteiger partial charge < -0.3 is 14.7 Å². The maximum atomic E-state index is 12.8. The number of hydrogen-bond donors (Lipinski definition) is 0. The van der Waals surface area contributed by atoms with Crippen LogP contribution in [0, 0.1) is 11.8 Å². The van der Waals surface area contributed by atoms with E-state index in [0.717, 1.165) is 50.1 Å². The summed E-state index contributed by atoms with van der Waals surface area (Å²) in [7, 11) is 2.04. The lowest BCUT2D eigenvalue weighted by Gasteiger charge is -2.37. The highest BCUT2D eigenvalue weighted by Gasteiger charge is 2.32. The summed E-state index contributed by atoms with van der Waals surface area (Å²) in [6, 6.07) is 7.83. The van der Waals surface area contributed by atoms with Crippen molar-refractivity contribution in [2.45, 2.75) is 39.5 Å². The van der Waals surface area contributed by atoms with E-state index >= 15 is 0 Å². The predicted octanol–water partition coefficient (Wildman–Crippen LogP) is 3.25. The second-order valence-corrected chi connectivity index (χ2v) is 8.16. The first-order valence-electron chi connectivity index (χ1n) is 10.4. The van der Waals surface area contributed by atoms with E-state index < -0.39 is 0 Å². The normalized spacial score (nSPS) is 21.2. The summed E-state index contributed by atoms with van der Waals surface area (Å²) in [5.41, 5.74) is 1.85. The van der Waals surface area contributed by atoms with Crippen molar-refractivity contribution in [3.63, 3.8) is 0 Å². The fourth-order valence-electron chi connectivity index (χ4n) is 4.20. The van der Waals surface area contributed by atoms with Crippen molar-refractivity contribution in [1.29, 1.82) is 0 Å². The van der Waals surface area contributed by atoms with Crippen LogP contribution >= 0.6 is 0 Å². The topological polar surface area (TPSA) is 43.9 Å². The van der Waals surface area contributed by atoms with Crippen molar-refractivity contribution in [3.05, 3.63) is 29.8 Å². The fourth-order valence-corrected chi connectivity index (χ4v) is 4.20. The zero-order chi connectivity index (χ0) is 19.4. The van der Waals surface area contributed by atoms with Gasteiger partial charge in [-0.3, -0.25) is 9.59 Å². The molecule has 2 amide bonds. The van der Waals surface area contributed by atoms with Gasteiger partial charge in [0.15, 0.2) is 0 Å². The lowest BCUT2D eigenvalue weighted by molar-refractivity contribution is -0.138. The standard InChI is InChI=1S/C22H33N3O2/c1-4-23(3)20-9-7-18(8-10-20)21(26)24-14-11-19(12-15-24)22(27)25-13-5-6-17(2)16-25/h7-10,17,19H,4-6,11-16H2,1-3H3. The Kier molecular flexibility index (Phi) is 6.40. The zero-order valence-electron chi connectivity index (χ0n) is 17.0. The molecular formula is C22H33N3O2. The van der Waals surface area contributed by atoms with E-state index in [1.165, 1.54) is 6.42 Å². The molecule has 2 fully saturated rings. The summed E-state index contributed by atoms with van der Waals surface area (Å²) in [5, 5.41) is 0. The molecule has 0 saturated carbocycles. The Morgan fingerprint density at radius 2 is 1.70 bits per heavy atom. The number of nitrogens with zero attached hydrogens (tertiary/aromatic N) is 3. The number of carbonyl (C=O) groups excluding carboxylic acids is 2. The van der Waals surface area contributed by atoms with Gasteiger partial charge in [-0.15, -0.1) is 0 Å². The van der Waals surface area contributed by atoms with E-state index in [-0.39, 0.29) is 11.8 Å². The molecule has 5 heteroatoms. The molecule has 0 radical (unpaired) electrons. The molecule has 0 spiro atoms. The van der Waals surface area contributed by atoms with Gasteiger partial charge in [-0.05, 0) is 62.8 Å². The van der Waals surface area contributed by atoms with Crippen LogP contribution in [0.3, 0.4) is 0 Å². The first-order valence-corrected chi connectivity index (χ1v) is 10.4. The van der Waals surface area contributed by atoms with Gasteiger partial charge >= 0.3 is 0 Å². The van der Waals surface area contributed by atoms with Crippen molar-refractivity contribution in [1.82, 2.24) is 9.80 Å². The predicted molar refractivity (Wildman–Crippen MR) is 109 cm³/mol. The van der Waals surface area contributed by atoms with E-state index in [4.69, 9.17) is 0 Å². The third-order valence-electron chi connectivity index (χ3n) is 6.13. The third-order valence-corrected chi connectivity index (χ3v) is 6.13. The molecule has 1 unspecified atom stereocenters. The summed E-state index contributed by atoms with van der Waals surface area (Å²) in [5.74, 6) is 1.08. The summed E-state index contributed by atoms with van der Waals surface area (Å²) < 4.78 is 0. The van der Waals surface area contributed by atoms with Crippen molar-refractivity contribution in [2.24, 2.45) is 11.8 Å². The molecule has 27 heavy (non-hydrogen) atoms. The number of rotatable bonds is 4. The van der Waals surface area contributed by atoms with Gasteiger partial charge in [-0.1, -0.05) is 6.92 Å². The minimum absolute atomic E-state index is 0.0817. The summed E-state index contributed by atoms with van der Waals surface area (Å²) in [4.78, 5) is 31.7. The molecule has 2 aliphatic rings. The minimum Gasteiger partial charge on any atom is -0.375 e. The second kappa shape index (κ2) is 8.77. The van der Waals surface area contributed by atoms with Crippen LogP contribution in [0.15, 0.2) is 24.3 Å². The Hall–Kier alpha value is -2.04. The quantitative estimate of drug-likeness (QED) is 0.816. The first kappa shape index (κ1) is 19.7. The highest BCUT2D eigenvalue weighted by molar-refractivity contribution is 5.94. The molecular weight excluding hydrogens is 338 g/mol. The number of carbonyl (C=O) groups is 2.